The van der Waals surface area contributed by atoms with Crippen molar-refractivity contribution in [3.05, 3.63) is 17.1 Å². The molecule has 21 heavy (non-hydrogen) atoms. The molecule has 3 rings (SSSR count). The first-order valence-corrected chi connectivity index (χ1v) is 7.86. The van der Waals surface area contributed by atoms with Gasteiger partial charge in [0.25, 0.3) is 5.91 Å². The van der Waals surface area contributed by atoms with Crippen LogP contribution in [0.25, 0.3) is 10.2 Å². The molecule has 0 unspecified atom stereocenters. The minimum absolute atomic E-state index is 0.117. The molecule has 1 amide bonds. The Bertz CT molecular complexity index is 706. The highest BCUT2D eigenvalue weighted by Gasteiger charge is 2.64. The number of thiophene rings is 1. The van der Waals surface area contributed by atoms with Crippen LogP contribution in [0, 0.1) is 16.7 Å². The van der Waals surface area contributed by atoms with Crippen LogP contribution in [0.3, 0.4) is 0 Å². The minimum Gasteiger partial charge on any atom is -0.397 e. The molecule has 0 spiro atoms. The average molecular weight is 304 g/mol. The third-order valence-electron chi connectivity index (χ3n) is 5.41. The number of amides is 1. The number of fused-ring (bicyclic) bond motifs is 1. The lowest BCUT2D eigenvalue weighted by molar-refractivity contribution is 0.0955. The van der Waals surface area contributed by atoms with E-state index in [1.807, 2.05) is 0 Å². The highest BCUT2D eigenvalue weighted by Crippen LogP contribution is 2.67. The topological polar surface area (TPSA) is 80.9 Å². The second-order valence-corrected chi connectivity index (χ2v) is 7.80. The maximum absolute atomic E-state index is 12.4. The lowest BCUT2D eigenvalue weighted by Crippen LogP contribution is -2.27. The van der Waals surface area contributed by atoms with Gasteiger partial charge in [0.1, 0.15) is 9.71 Å². The first-order chi connectivity index (χ1) is 9.76. The van der Waals surface area contributed by atoms with Gasteiger partial charge in [-0.2, -0.15) is 5.10 Å². The fraction of sp³-hybridized carbons (Fsp3) is 0.533. The Balaban J connectivity index is 1.75. The zero-order chi connectivity index (χ0) is 15.4. The van der Waals surface area contributed by atoms with E-state index in [9.17, 15) is 4.79 Å². The Morgan fingerprint density at radius 3 is 2.62 bits per heavy atom. The van der Waals surface area contributed by atoms with Gasteiger partial charge in [-0.05, 0) is 22.8 Å². The number of rotatable bonds is 3. The van der Waals surface area contributed by atoms with E-state index >= 15 is 0 Å². The Morgan fingerprint density at radius 1 is 1.38 bits per heavy atom. The van der Waals surface area contributed by atoms with Gasteiger partial charge in [-0.25, -0.2) is 0 Å². The zero-order valence-electron chi connectivity index (χ0n) is 12.7. The van der Waals surface area contributed by atoms with Crippen molar-refractivity contribution < 1.29 is 4.79 Å². The molecule has 1 aliphatic rings. The Morgan fingerprint density at radius 2 is 2.05 bits per heavy atom. The number of aromatic nitrogens is 2. The van der Waals surface area contributed by atoms with Crippen molar-refractivity contribution in [3.8, 4) is 0 Å². The summed E-state index contributed by atoms with van der Waals surface area (Å²) >= 11 is 1.29. The Labute approximate surface area is 127 Å². The molecule has 0 bridgehead atoms. The zero-order valence-corrected chi connectivity index (χ0v) is 13.5. The first kappa shape index (κ1) is 14.3. The molecule has 2 aromatic heterocycles. The number of hydrogen-bond acceptors (Lipinski definition) is 5. The fourth-order valence-electron chi connectivity index (χ4n) is 3.16. The van der Waals surface area contributed by atoms with E-state index in [1.165, 1.54) is 11.3 Å². The van der Waals surface area contributed by atoms with Crippen LogP contribution in [0.1, 0.15) is 37.4 Å². The third kappa shape index (κ3) is 2.00. The van der Waals surface area contributed by atoms with Crippen molar-refractivity contribution >= 4 is 33.1 Å². The summed E-state index contributed by atoms with van der Waals surface area (Å²) in [6, 6.07) is 1.79. The largest absolute Gasteiger partial charge is 0.397 e. The van der Waals surface area contributed by atoms with Crippen LogP contribution in [0.2, 0.25) is 0 Å². The number of nitrogens with two attached hydrogens (primary N) is 1. The number of hydrogen-bond donors (Lipinski definition) is 2. The molecule has 0 atom stereocenters. The van der Waals surface area contributed by atoms with Gasteiger partial charge in [-0.1, -0.05) is 27.7 Å². The number of nitrogens with one attached hydrogen (secondary N) is 1. The van der Waals surface area contributed by atoms with Crippen LogP contribution in [-0.4, -0.2) is 22.6 Å². The van der Waals surface area contributed by atoms with Crippen LogP contribution in [0.5, 0.6) is 0 Å². The van der Waals surface area contributed by atoms with Gasteiger partial charge < -0.3 is 11.1 Å². The van der Waals surface area contributed by atoms with E-state index in [0.717, 1.165) is 5.39 Å². The van der Waals surface area contributed by atoms with E-state index < -0.39 is 0 Å². The summed E-state index contributed by atoms with van der Waals surface area (Å²) in [4.78, 5) is 13.6. The molecular weight excluding hydrogens is 284 g/mol. The summed E-state index contributed by atoms with van der Waals surface area (Å²) in [5, 5.41) is 11.6. The SMILES string of the molecule is CC1(C)C(CNC(=O)c2sc3nnccc3c2N)C1(C)C. The monoisotopic (exact) mass is 304 g/mol. The molecule has 5 nitrogen and oxygen atoms in total. The molecule has 1 aliphatic carbocycles. The molecule has 0 radical (unpaired) electrons. The van der Waals surface area contributed by atoms with Gasteiger partial charge in [-0.15, -0.1) is 16.4 Å². The quantitative estimate of drug-likeness (QED) is 0.913. The van der Waals surface area contributed by atoms with Gasteiger partial charge in [0.2, 0.25) is 0 Å². The summed E-state index contributed by atoms with van der Waals surface area (Å²) in [7, 11) is 0. The minimum atomic E-state index is -0.117. The highest BCUT2D eigenvalue weighted by atomic mass is 32.1. The van der Waals surface area contributed by atoms with Crippen molar-refractivity contribution in [1.29, 1.82) is 0 Å². The van der Waals surface area contributed by atoms with Crippen LogP contribution in [0.15, 0.2) is 12.3 Å². The Kier molecular flexibility index (Phi) is 2.99. The van der Waals surface area contributed by atoms with Gasteiger partial charge in [0.15, 0.2) is 0 Å². The van der Waals surface area contributed by atoms with Crippen molar-refractivity contribution in [2.24, 2.45) is 16.7 Å². The van der Waals surface area contributed by atoms with Crippen molar-refractivity contribution in [2.45, 2.75) is 27.7 Å². The maximum atomic E-state index is 12.4. The van der Waals surface area contributed by atoms with Crippen LogP contribution in [-0.2, 0) is 0 Å². The highest BCUT2D eigenvalue weighted by molar-refractivity contribution is 7.21. The summed E-state index contributed by atoms with van der Waals surface area (Å²) in [6.45, 7) is 9.65. The maximum Gasteiger partial charge on any atom is 0.263 e. The van der Waals surface area contributed by atoms with E-state index in [-0.39, 0.29) is 16.7 Å². The molecule has 2 aromatic rings. The van der Waals surface area contributed by atoms with Crippen molar-refractivity contribution in [2.75, 3.05) is 12.3 Å². The standard InChI is InChI=1S/C15H20N4OS/c1-14(2)9(15(14,3)4)7-17-12(20)11-10(16)8-5-6-18-19-13(8)21-11/h5-6,9H,7,16H2,1-4H3,(H,17,20). The molecule has 2 heterocycles. The molecule has 0 aliphatic heterocycles. The van der Waals surface area contributed by atoms with Gasteiger partial charge in [0.05, 0.1) is 11.9 Å². The molecule has 1 fully saturated rings. The number of anilines is 1. The van der Waals surface area contributed by atoms with Gasteiger partial charge >= 0.3 is 0 Å². The van der Waals surface area contributed by atoms with Crippen LogP contribution in [0.4, 0.5) is 5.69 Å². The average Bonchev–Trinajstić information content (AvgIpc) is 2.71. The fourth-order valence-corrected chi connectivity index (χ4v) is 4.11. The number of carbonyl (C=O) groups is 1. The summed E-state index contributed by atoms with van der Waals surface area (Å²) in [5.41, 5.74) is 7.07. The van der Waals surface area contributed by atoms with E-state index in [2.05, 4.69) is 43.2 Å². The second-order valence-electron chi connectivity index (χ2n) is 6.80. The smallest absolute Gasteiger partial charge is 0.263 e. The van der Waals surface area contributed by atoms with Crippen LogP contribution < -0.4 is 11.1 Å². The van der Waals surface area contributed by atoms with Crippen LogP contribution >= 0.6 is 11.3 Å². The van der Waals surface area contributed by atoms with E-state index in [1.54, 1.807) is 12.3 Å². The third-order valence-corrected chi connectivity index (χ3v) is 6.52. The second kappa shape index (κ2) is 4.40. The van der Waals surface area contributed by atoms with Crippen molar-refractivity contribution in [3.63, 3.8) is 0 Å². The molecule has 0 saturated heterocycles. The number of carbonyl (C=O) groups excluding carboxylic acids is 1. The normalized spacial score (nSPS) is 19.6. The molecule has 0 aromatic carbocycles. The van der Waals surface area contributed by atoms with E-state index in [4.69, 9.17) is 5.73 Å². The predicted molar refractivity (Wildman–Crippen MR) is 85.2 cm³/mol. The first-order valence-electron chi connectivity index (χ1n) is 7.04. The molecule has 112 valence electrons. The summed E-state index contributed by atoms with van der Waals surface area (Å²) in [5.74, 6) is 0.373. The Hall–Kier alpha value is -1.69. The molecule has 6 heteroatoms. The van der Waals surface area contributed by atoms with Gasteiger partial charge in [-0.3, -0.25) is 4.79 Å². The summed E-state index contributed by atoms with van der Waals surface area (Å²) < 4.78 is 0. The molecule has 3 N–H and O–H groups in total. The molecular formula is C15H20N4OS. The predicted octanol–water partition coefficient (Wildman–Crippen LogP) is 2.69. The van der Waals surface area contributed by atoms with Gasteiger partial charge in [0, 0.05) is 11.9 Å². The lowest BCUT2D eigenvalue weighted by atomic mass is 10.0. The number of nitrogens with zero attached hydrogens (tertiary/aromatic N) is 2. The van der Waals surface area contributed by atoms with Crippen molar-refractivity contribution in [1.82, 2.24) is 15.5 Å². The summed E-state index contributed by atoms with van der Waals surface area (Å²) in [6.07, 6.45) is 1.59. The van der Waals surface area contributed by atoms with E-state index in [0.29, 0.717) is 27.9 Å². The molecule has 1 saturated carbocycles. The lowest BCUT2D eigenvalue weighted by Gasteiger charge is -2.05. The number of nitrogen functional groups attached to an aromatic ring is 1.